The van der Waals surface area contributed by atoms with E-state index >= 15 is 0 Å². The minimum atomic E-state index is -0.589. The molecule has 0 radical (unpaired) electrons. The fraction of sp³-hybridized carbons (Fsp3) is 0.533. The topological polar surface area (TPSA) is 40.5 Å². The van der Waals surface area contributed by atoms with E-state index in [9.17, 15) is 9.90 Å². The molecular formula is C15H21NO2S. The molecule has 0 atom stereocenters. The molecule has 1 N–H and O–H groups in total. The lowest BCUT2D eigenvalue weighted by atomic mass is 9.94. The van der Waals surface area contributed by atoms with Crippen LogP contribution in [0.2, 0.25) is 0 Å². The molecule has 2 rings (SSSR count). The van der Waals surface area contributed by atoms with Gasteiger partial charge < -0.3 is 10.0 Å². The van der Waals surface area contributed by atoms with Gasteiger partial charge in [0, 0.05) is 18.8 Å². The summed E-state index contributed by atoms with van der Waals surface area (Å²) in [6.45, 7) is 3.20. The van der Waals surface area contributed by atoms with Crippen molar-refractivity contribution in [2.24, 2.45) is 0 Å². The third-order valence-corrected chi connectivity index (χ3v) is 4.52. The van der Waals surface area contributed by atoms with Crippen LogP contribution >= 0.6 is 11.8 Å². The number of thioether (sulfide) groups is 1. The first kappa shape index (κ1) is 14.4. The number of likely N-dealkylation sites (tertiary alicyclic amines) is 1. The molecule has 0 bridgehead atoms. The van der Waals surface area contributed by atoms with Crippen LogP contribution in [0.25, 0.3) is 0 Å². The molecule has 1 aliphatic rings. The van der Waals surface area contributed by atoms with Crippen molar-refractivity contribution in [1.29, 1.82) is 0 Å². The van der Waals surface area contributed by atoms with E-state index in [0.29, 0.717) is 31.7 Å². The number of hydrogen-bond acceptors (Lipinski definition) is 3. The summed E-state index contributed by atoms with van der Waals surface area (Å²) in [7, 11) is 0. The van der Waals surface area contributed by atoms with Gasteiger partial charge in [0.2, 0.25) is 5.91 Å². The molecular weight excluding hydrogens is 258 g/mol. The molecule has 0 spiro atoms. The second-order valence-corrected chi connectivity index (χ2v) is 6.34. The van der Waals surface area contributed by atoms with Gasteiger partial charge in [-0.2, -0.15) is 0 Å². The predicted octanol–water partition coefficient (Wildman–Crippen LogP) is 2.29. The monoisotopic (exact) mass is 279 g/mol. The summed E-state index contributed by atoms with van der Waals surface area (Å²) in [5.41, 5.74) is 0.662. The second-order valence-electron chi connectivity index (χ2n) is 5.36. The number of carbonyl (C=O) groups is 1. The van der Waals surface area contributed by atoms with E-state index in [4.69, 9.17) is 0 Å². The number of benzene rings is 1. The Labute approximate surface area is 119 Å². The number of amides is 1. The van der Waals surface area contributed by atoms with Crippen LogP contribution in [0.15, 0.2) is 30.3 Å². The Bertz CT molecular complexity index is 409. The van der Waals surface area contributed by atoms with Crippen molar-refractivity contribution in [2.45, 2.75) is 31.1 Å². The van der Waals surface area contributed by atoms with Crippen molar-refractivity contribution < 1.29 is 9.90 Å². The average molecular weight is 279 g/mol. The normalized spacial score (nSPS) is 18.3. The van der Waals surface area contributed by atoms with Gasteiger partial charge in [-0.05, 0) is 25.3 Å². The van der Waals surface area contributed by atoms with Crippen molar-refractivity contribution in [2.75, 3.05) is 18.8 Å². The number of aliphatic hydroxyl groups is 1. The highest BCUT2D eigenvalue weighted by Gasteiger charge is 2.29. The van der Waals surface area contributed by atoms with Gasteiger partial charge in [-0.25, -0.2) is 0 Å². The molecule has 1 heterocycles. The van der Waals surface area contributed by atoms with E-state index < -0.39 is 5.60 Å². The van der Waals surface area contributed by atoms with E-state index in [2.05, 4.69) is 12.1 Å². The molecule has 1 aromatic rings. The van der Waals surface area contributed by atoms with Crippen LogP contribution in [0.1, 0.15) is 25.3 Å². The van der Waals surface area contributed by atoms with Gasteiger partial charge in [-0.3, -0.25) is 4.79 Å². The molecule has 1 fully saturated rings. The van der Waals surface area contributed by atoms with Crippen LogP contribution in [0.5, 0.6) is 0 Å². The maximum atomic E-state index is 12.0. The van der Waals surface area contributed by atoms with Gasteiger partial charge in [0.15, 0.2) is 0 Å². The molecule has 1 amide bonds. The van der Waals surface area contributed by atoms with Crippen LogP contribution in [-0.4, -0.2) is 40.4 Å². The number of rotatable bonds is 4. The Morgan fingerprint density at radius 1 is 1.32 bits per heavy atom. The Morgan fingerprint density at radius 2 is 1.95 bits per heavy atom. The number of hydrogen-bond donors (Lipinski definition) is 1. The lowest BCUT2D eigenvalue weighted by molar-refractivity contribution is -0.132. The molecule has 0 aliphatic carbocycles. The number of carbonyl (C=O) groups excluding carboxylic acids is 1. The summed E-state index contributed by atoms with van der Waals surface area (Å²) in [4.78, 5) is 13.9. The zero-order chi connectivity index (χ0) is 13.7. The van der Waals surface area contributed by atoms with Crippen LogP contribution in [-0.2, 0) is 10.5 Å². The lowest BCUT2D eigenvalue weighted by Gasteiger charge is -2.35. The third-order valence-electron chi connectivity index (χ3n) is 3.53. The van der Waals surface area contributed by atoms with Crippen molar-refractivity contribution in [3.8, 4) is 0 Å². The van der Waals surface area contributed by atoms with Gasteiger partial charge in [-0.15, -0.1) is 11.8 Å². The molecule has 1 aromatic carbocycles. The fourth-order valence-electron chi connectivity index (χ4n) is 2.16. The first-order chi connectivity index (χ1) is 9.07. The molecule has 1 saturated heterocycles. The van der Waals surface area contributed by atoms with Gasteiger partial charge >= 0.3 is 0 Å². The minimum Gasteiger partial charge on any atom is -0.390 e. The highest BCUT2D eigenvalue weighted by Crippen LogP contribution is 2.22. The molecule has 104 valence electrons. The number of nitrogens with zero attached hydrogens (tertiary/aromatic N) is 1. The van der Waals surface area contributed by atoms with Crippen LogP contribution in [0.3, 0.4) is 0 Å². The minimum absolute atomic E-state index is 0.191. The van der Waals surface area contributed by atoms with Gasteiger partial charge in [0.25, 0.3) is 0 Å². The molecule has 0 aromatic heterocycles. The highest BCUT2D eigenvalue weighted by molar-refractivity contribution is 7.99. The van der Waals surface area contributed by atoms with Crippen molar-refractivity contribution in [1.82, 2.24) is 4.90 Å². The smallest absolute Gasteiger partial charge is 0.232 e. The van der Waals surface area contributed by atoms with Crippen LogP contribution in [0.4, 0.5) is 0 Å². The first-order valence-corrected chi connectivity index (χ1v) is 7.84. The average Bonchev–Trinajstić information content (AvgIpc) is 2.39. The van der Waals surface area contributed by atoms with Crippen LogP contribution < -0.4 is 0 Å². The molecule has 4 heteroatoms. The van der Waals surface area contributed by atoms with E-state index in [0.717, 1.165) is 5.75 Å². The summed E-state index contributed by atoms with van der Waals surface area (Å²) in [6.07, 6.45) is 1.37. The highest BCUT2D eigenvalue weighted by atomic mass is 32.2. The van der Waals surface area contributed by atoms with Crippen molar-refractivity contribution in [3.05, 3.63) is 35.9 Å². The maximum Gasteiger partial charge on any atom is 0.232 e. The van der Waals surface area contributed by atoms with E-state index in [1.54, 1.807) is 11.8 Å². The van der Waals surface area contributed by atoms with Crippen molar-refractivity contribution >= 4 is 17.7 Å². The molecule has 0 unspecified atom stereocenters. The maximum absolute atomic E-state index is 12.0. The summed E-state index contributed by atoms with van der Waals surface area (Å²) in [5.74, 6) is 1.59. The SMILES string of the molecule is CC1(O)CCN(C(=O)CSCc2ccccc2)CC1. The molecule has 1 aliphatic heterocycles. The Kier molecular flexibility index (Phi) is 4.88. The van der Waals surface area contributed by atoms with Gasteiger partial charge in [0.1, 0.15) is 0 Å². The summed E-state index contributed by atoms with van der Waals surface area (Å²) in [5, 5.41) is 9.86. The van der Waals surface area contributed by atoms with E-state index in [1.165, 1.54) is 5.56 Å². The van der Waals surface area contributed by atoms with Crippen LogP contribution in [0, 0.1) is 0 Å². The third kappa shape index (κ3) is 4.55. The molecule has 19 heavy (non-hydrogen) atoms. The Balaban J connectivity index is 1.70. The van der Waals surface area contributed by atoms with E-state index in [1.807, 2.05) is 30.0 Å². The number of piperidine rings is 1. The standard InChI is InChI=1S/C15H21NO2S/c1-15(18)7-9-16(10-8-15)14(17)12-19-11-13-5-3-2-4-6-13/h2-6,18H,7-12H2,1H3. The quantitative estimate of drug-likeness (QED) is 0.919. The van der Waals surface area contributed by atoms with Gasteiger partial charge in [-0.1, -0.05) is 30.3 Å². The Morgan fingerprint density at radius 3 is 2.58 bits per heavy atom. The summed E-state index contributed by atoms with van der Waals surface area (Å²) < 4.78 is 0. The van der Waals surface area contributed by atoms with Crippen molar-refractivity contribution in [3.63, 3.8) is 0 Å². The molecule has 0 saturated carbocycles. The zero-order valence-electron chi connectivity index (χ0n) is 11.3. The lowest BCUT2D eigenvalue weighted by Crippen LogP contribution is -2.45. The first-order valence-electron chi connectivity index (χ1n) is 6.69. The predicted molar refractivity (Wildman–Crippen MR) is 79.0 cm³/mol. The summed E-state index contributed by atoms with van der Waals surface area (Å²) >= 11 is 1.65. The zero-order valence-corrected chi connectivity index (χ0v) is 12.2. The Hall–Kier alpha value is -1.00. The fourth-order valence-corrected chi connectivity index (χ4v) is 3.05. The summed E-state index contributed by atoms with van der Waals surface area (Å²) in [6, 6.07) is 10.2. The molecule has 3 nitrogen and oxygen atoms in total. The second kappa shape index (κ2) is 6.44. The van der Waals surface area contributed by atoms with Gasteiger partial charge in [0.05, 0.1) is 11.4 Å². The largest absolute Gasteiger partial charge is 0.390 e. The van der Waals surface area contributed by atoms with E-state index in [-0.39, 0.29) is 5.91 Å².